The van der Waals surface area contributed by atoms with Crippen molar-refractivity contribution in [2.45, 2.75) is 50.2 Å². The van der Waals surface area contributed by atoms with E-state index in [0.717, 1.165) is 10.7 Å². The van der Waals surface area contributed by atoms with Gasteiger partial charge in [-0.2, -0.15) is 26.3 Å². The maximum atomic E-state index is 11.4. The molecule has 2 rings (SSSR count). The summed E-state index contributed by atoms with van der Waals surface area (Å²) in [5.74, 6) is 0. The summed E-state index contributed by atoms with van der Waals surface area (Å²) in [6.45, 7) is 3.37. The van der Waals surface area contributed by atoms with Crippen molar-refractivity contribution in [3.8, 4) is 11.1 Å². The highest BCUT2D eigenvalue weighted by molar-refractivity contribution is 8.13. The lowest BCUT2D eigenvalue weighted by Crippen LogP contribution is -2.32. The van der Waals surface area contributed by atoms with Gasteiger partial charge in [-0.25, -0.2) is 21.4 Å². The van der Waals surface area contributed by atoms with Crippen LogP contribution in [0.4, 0.5) is 26.3 Å². The molecule has 0 saturated carbocycles. The Hall–Kier alpha value is -2.26. The minimum Gasteiger partial charge on any atom is -0.421 e. The van der Waals surface area contributed by atoms with Gasteiger partial charge in [0.1, 0.15) is 6.54 Å². The fraction of sp³-hybridized carbons (Fsp3) is 0.444. The molecule has 0 spiro atoms. The molecule has 0 aromatic carbocycles. The fourth-order valence-corrected chi connectivity index (χ4v) is 3.99. The Kier molecular flexibility index (Phi) is 10.2. The summed E-state index contributed by atoms with van der Waals surface area (Å²) < 4.78 is 111. The van der Waals surface area contributed by atoms with Crippen LogP contribution in [-0.4, -0.2) is 32.8 Å². The maximum absolute atomic E-state index is 11.4. The molecule has 0 aliphatic rings. The fourth-order valence-electron chi connectivity index (χ4n) is 2.28. The van der Waals surface area contributed by atoms with Crippen LogP contribution in [0.5, 0.6) is 0 Å². The van der Waals surface area contributed by atoms with E-state index in [1.54, 1.807) is 0 Å². The number of alkyl halides is 6. The first-order valence-corrected chi connectivity index (χ1v) is 12.2. The predicted molar refractivity (Wildman–Crippen MR) is 107 cm³/mol. The van der Waals surface area contributed by atoms with E-state index in [4.69, 9.17) is 0 Å². The van der Waals surface area contributed by atoms with E-state index in [1.165, 1.54) is 36.8 Å². The van der Waals surface area contributed by atoms with E-state index >= 15 is 0 Å². The molecule has 0 aliphatic heterocycles. The number of aromatic nitrogens is 2. The van der Waals surface area contributed by atoms with Gasteiger partial charge < -0.3 is 4.13 Å². The first-order chi connectivity index (χ1) is 15.1. The number of halogens is 6. The van der Waals surface area contributed by atoms with Gasteiger partial charge in [-0.05, 0) is 29.7 Å². The standard InChI is InChI=1S/C16H21N2.C2F6NO4S2/c1-2-3-4-5-12-18-13-8-16(9-14-18)15-6-10-17-11-7-15;3-1(4,5)14(10,11)9-15(12,13)2(6,7)8/h6-11,13-14H,2-5,12H2,1H3;/q+1;-1. The van der Waals surface area contributed by atoms with Crippen LogP contribution in [0.15, 0.2) is 49.1 Å². The van der Waals surface area contributed by atoms with Crippen molar-refractivity contribution in [3.63, 3.8) is 0 Å². The quantitative estimate of drug-likeness (QED) is 0.286. The Bertz CT molecular complexity index is 1030. The van der Waals surface area contributed by atoms with Gasteiger partial charge in [0, 0.05) is 30.9 Å². The zero-order valence-corrected chi connectivity index (χ0v) is 18.8. The van der Waals surface area contributed by atoms with Crippen molar-refractivity contribution < 1.29 is 47.7 Å². The van der Waals surface area contributed by atoms with Crippen LogP contribution in [0.25, 0.3) is 15.3 Å². The number of unbranched alkanes of at least 4 members (excludes halogenated alkanes) is 3. The molecule has 2 aromatic heterocycles. The molecule has 0 bridgehead atoms. The van der Waals surface area contributed by atoms with Gasteiger partial charge >= 0.3 is 11.0 Å². The molecule has 0 unspecified atom stereocenters. The molecule has 0 aliphatic carbocycles. The molecule has 2 heterocycles. The highest BCUT2D eigenvalue weighted by atomic mass is 32.3. The van der Waals surface area contributed by atoms with Crippen LogP contribution in [0.2, 0.25) is 0 Å². The van der Waals surface area contributed by atoms with Crippen LogP contribution in [0.3, 0.4) is 0 Å². The number of hydrogen-bond acceptors (Lipinski definition) is 5. The topological polar surface area (TPSA) is 99.2 Å². The van der Waals surface area contributed by atoms with E-state index in [-0.39, 0.29) is 0 Å². The normalized spacial score (nSPS) is 12.7. The van der Waals surface area contributed by atoms with Gasteiger partial charge in [-0.3, -0.25) is 4.98 Å². The zero-order valence-electron chi connectivity index (χ0n) is 17.2. The number of aryl methyl sites for hydroxylation is 1. The van der Waals surface area contributed by atoms with Crippen molar-refractivity contribution in [1.29, 1.82) is 0 Å². The Labute approximate surface area is 187 Å². The summed E-state index contributed by atoms with van der Waals surface area (Å²) in [5, 5.41) is 0. The lowest BCUT2D eigenvalue weighted by molar-refractivity contribution is -0.697. The van der Waals surface area contributed by atoms with E-state index in [2.05, 4.69) is 41.0 Å². The Morgan fingerprint density at radius 3 is 1.67 bits per heavy atom. The first kappa shape index (κ1) is 28.8. The van der Waals surface area contributed by atoms with Gasteiger partial charge in [0.2, 0.25) is 0 Å². The Morgan fingerprint density at radius 1 is 0.788 bits per heavy atom. The molecule has 186 valence electrons. The summed E-state index contributed by atoms with van der Waals surface area (Å²) >= 11 is 0. The van der Waals surface area contributed by atoms with Crippen molar-refractivity contribution in [3.05, 3.63) is 53.2 Å². The number of sulfonamides is 2. The average Bonchev–Trinajstić information content (AvgIpc) is 2.70. The molecule has 0 saturated heterocycles. The summed E-state index contributed by atoms with van der Waals surface area (Å²) in [6, 6.07) is 8.44. The molecule has 7 nitrogen and oxygen atoms in total. The molecule has 2 aromatic rings. The average molecular weight is 522 g/mol. The summed E-state index contributed by atoms with van der Waals surface area (Å²) in [6.07, 6.45) is 13.2. The maximum Gasteiger partial charge on any atom is 0.480 e. The second-order valence-electron chi connectivity index (χ2n) is 6.54. The Morgan fingerprint density at radius 2 is 1.24 bits per heavy atom. The SMILES string of the molecule is CCCCCC[n+]1ccc(-c2ccncc2)cc1.O=S(=O)([N-]S(=O)(=O)C(F)(F)F)C(F)(F)F. The van der Waals surface area contributed by atoms with Gasteiger partial charge in [0.05, 0.1) is 0 Å². The third kappa shape index (κ3) is 9.25. The monoisotopic (exact) mass is 521 g/mol. The van der Waals surface area contributed by atoms with E-state index in [9.17, 15) is 43.2 Å². The number of hydrogen-bond donors (Lipinski definition) is 0. The van der Waals surface area contributed by atoms with Gasteiger partial charge in [0.25, 0.3) is 0 Å². The Balaban J connectivity index is 0.000000337. The summed E-state index contributed by atoms with van der Waals surface area (Å²) in [4.78, 5) is 4.04. The molecule has 0 N–H and O–H groups in total. The van der Waals surface area contributed by atoms with Crippen LogP contribution in [0, 0.1) is 0 Å². The van der Waals surface area contributed by atoms with Gasteiger partial charge in [-0.1, -0.05) is 19.8 Å². The van der Waals surface area contributed by atoms with E-state index in [0.29, 0.717) is 0 Å². The third-order valence-electron chi connectivity index (χ3n) is 3.96. The number of nitrogens with zero attached hydrogens (tertiary/aromatic N) is 3. The summed E-state index contributed by atoms with van der Waals surface area (Å²) in [5.41, 5.74) is -9.93. The molecule has 33 heavy (non-hydrogen) atoms. The lowest BCUT2D eigenvalue weighted by atomic mass is 10.1. The third-order valence-corrected chi connectivity index (χ3v) is 6.70. The predicted octanol–water partition coefficient (Wildman–Crippen LogP) is 4.68. The smallest absolute Gasteiger partial charge is 0.421 e. The molecule has 0 amide bonds. The van der Waals surface area contributed by atoms with Crippen molar-refractivity contribution in [2.24, 2.45) is 0 Å². The molecule has 0 fully saturated rings. The highest BCUT2D eigenvalue weighted by Crippen LogP contribution is 2.36. The second-order valence-corrected chi connectivity index (χ2v) is 9.96. The molecule has 15 heteroatoms. The van der Waals surface area contributed by atoms with Crippen LogP contribution < -0.4 is 4.57 Å². The van der Waals surface area contributed by atoms with Crippen molar-refractivity contribution in [2.75, 3.05) is 0 Å². The largest absolute Gasteiger partial charge is 0.480 e. The molecular formula is C18H21F6N3O4S2. The van der Waals surface area contributed by atoms with E-state index in [1.807, 2.05) is 24.5 Å². The molecule has 0 atom stereocenters. The lowest BCUT2D eigenvalue weighted by Gasteiger charge is -2.22. The zero-order chi connectivity index (χ0) is 25.3. The van der Waals surface area contributed by atoms with Crippen LogP contribution in [0.1, 0.15) is 32.6 Å². The van der Waals surface area contributed by atoms with Gasteiger partial charge in [-0.15, -0.1) is 0 Å². The van der Waals surface area contributed by atoms with Crippen molar-refractivity contribution in [1.82, 2.24) is 4.98 Å². The molecule has 0 radical (unpaired) electrons. The number of pyridine rings is 2. The van der Waals surface area contributed by atoms with Crippen molar-refractivity contribution >= 4 is 20.0 Å². The van der Waals surface area contributed by atoms with Gasteiger partial charge in [0.15, 0.2) is 32.4 Å². The second kappa shape index (κ2) is 11.7. The molecular weight excluding hydrogens is 500 g/mol. The summed E-state index contributed by atoms with van der Waals surface area (Å²) in [7, 11) is -13.4. The minimum atomic E-state index is -6.72. The first-order valence-electron chi connectivity index (χ1n) is 9.37. The van der Waals surface area contributed by atoms with Crippen LogP contribution in [-0.2, 0) is 26.6 Å². The van der Waals surface area contributed by atoms with Crippen LogP contribution >= 0.6 is 0 Å². The highest BCUT2D eigenvalue weighted by Gasteiger charge is 2.46. The minimum absolute atomic E-state index is 0.778. The number of rotatable bonds is 8. The van der Waals surface area contributed by atoms with E-state index < -0.39 is 31.1 Å².